The van der Waals surface area contributed by atoms with Gasteiger partial charge in [0.05, 0.1) is 24.5 Å². The van der Waals surface area contributed by atoms with E-state index in [4.69, 9.17) is 14.7 Å². The van der Waals surface area contributed by atoms with Gasteiger partial charge in [0.1, 0.15) is 11.6 Å². The van der Waals surface area contributed by atoms with Crippen molar-refractivity contribution in [3.05, 3.63) is 42.1 Å². The van der Waals surface area contributed by atoms with E-state index in [0.29, 0.717) is 51.4 Å². The van der Waals surface area contributed by atoms with Crippen LogP contribution in [0.2, 0.25) is 0 Å². The molecule has 4 heterocycles. The Morgan fingerprint density at radius 1 is 1.02 bits per heavy atom. The van der Waals surface area contributed by atoms with E-state index in [1.165, 1.54) is 31.4 Å². The number of piperidine rings is 1. The maximum atomic E-state index is 13.1. The number of nitrogens with zero attached hydrogens (tertiary/aromatic N) is 6. The van der Waals surface area contributed by atoms with E-state index < -0.39 is 12.1 Å². The predicted octanol–water partition coefficient (Wildman–Crippen LogP) is 3.73. The van der Waals surface area contributed by atoms with Crippen molar-refractivity contribution in [2.24, 2.45) is 0 Å². The predicted molar refractivity (Wildman–Crippen MR) is 151 cm³/mol. The lowest BCUT2D eigenvalue weighted by Crippen LogP contribution is -2.49. The molecular weight excluding hydrogens is 553 g/mol. The van der Waals surface area contributed by atoms with Crippen LogP contribution in [-0.2, 0) is 17.8 Å². The first-order valence-corrected chi connectivity index (χ1v) is 14.4. The molecule has 228 valence electrons. The average Bonchev–Trinajstić information content (AvgIpc) is 2.99. The molecule has 0 atom stereocenters. The summed E-state index contributed by atoms with van der Waals surface area (Å²) in [5, 5.41) is 10.1. The second kappa shape index (κ2) is 13.1. The third-order valence-corrected chi connectivity index (χ3v) is 7.90. The molecule has 2 aromatic rings. The van der Waals surface area contributed by atoms with Crippen LogP contribution in [0.25, 0.3) is 0 Å². The number of carbonyl (C=O) groups is 1. The maximum Gasteiger partial charge on any atom is 0.573 e. The van der Waals surface area contributed by atoms with Crippen LogP contribution in [0.5, 0.6) is 17.5 Å². The third kappa shape index (κ3) is 7.36. The summed E-state index contributed by atoms with van der Waals surface area (Å²) in [4.78, 5) is 29.6. The molecule has 0 radical (unpaired) electrons. The fourth-order valence-electron chi connectivity index (χ4n) is 5.79. The van der Waals surface area contributed by atoms with Crippen molar-refractivity contribution in [3.8, 4) is 17.5 Å². The standard InChI is InChI=1S/C29H37F3N6O4/c1-2-26(40)36-14-16-37(17-15-36)27-22-9-13-38(24-19-21(39)7-8-25(24)42-29(30,31)32)20-23(22)33-28(34-27)41-18-6-12-35-10-4-3-5-11-35/h2,7-8,19,39H,1,3-6,9-18,20H2. The largest absolute Gasteiger partial charge is 0.573 e. The molecular formula is C29H37F3N6O4. The summed E-state index contributed by atoms with van der Waals surface area (Å²) in [6, 6.07) is 3.76. The Morgan fingerprint density at radius 3 is 2.50 bits per heavy atom. The number of ether oxygens (including phenoxy) is 2. The molecule has 0 bridgehead atoms. The number of amides is 1. The SMILES string of the molecule is C=CC(=O)N1CCN(c2nc(OCCCN3CCCCC3)nc3c2CCN(c2cc(O)ccc2OC(F)(F)F)C3)CC1. The Balaban J connectivity index is 1.37. The summed E-state index contributed by atoms with van der Waals surface area (Å²) >= 11 is 0. The van der Waals surface area contributed by atoms with Crippen molar-refractivity contribution in [1.82, 2.24) is 19.8 Å². The number of aromatic hydroxyl groups is 1. The monoisotopic (exact) mass is 590 g/mol. The van der Waals surface area contributed by atoms with Gasteiger partial charge in [0.2, 0.25) is 5.91 Å². The van der Waals surface area contributed by atoms with E-state index in [0.717, 1.165) is 49.6 Å². The van der Waals surface area contributed by atoms with Gasteiger partial charge < -0.3 is 34.2 Å². The minimum atomic E-state index is -4.88. The van der Waals surface area contributed by atoms with E-state index in [-0.39, 0.29) is 29.9 Å². The molecule has 1 amide bonds. The normalized spacial score (nSPS) is 18.0. The number of anilines is 2. The second-order valence-electron chi connectivity index (χ2n) is 10.7. The van der Waals surface area contributed by atoms with Gasteiger partial charge in [-0.25, -0.2) is 0 Å². The van der Waals surface area contributed by atoms with Crippen molar-refractivity contribution in [2.75, 3.05) is 68.8 Å². The lowest BCUT2D eigenvalue weighted by Gasteiger charge is -2.38. The van der Waals surface area contributed by atoms with Crippen molar-refractivity contribution < 1.29 is 32.5 Å². The zero-order valence-electron chi connectivity index (χ0n) is 23.6. The molecule has 2 saturated heterocycles. The van der Waals surface area contributed by atoms with Gasteiger partial charge in [-0.05, 0) is 57.0 Å². The van der Waals surface area contributed by atoms with E-state index >= 15 is 0 Å². The van der Waals surface area contributed by atoms with Crippen LogP contribution in [0.3, 0.4) is 0 Å². The number of phenolic OH excluding ortho intramolecular Hbond substituents is 1. The van der Waals surface area contributed by atoms with Crippen molar-refractivity contribution >= 4 is 17.4 Å². The molecule has 1 aromatic heterocycles. The highest BCUT2D eigenvalue weighted by Gasteiger charge is 2.34. The Hall–Kier alpha value is -3.74. The number of alkyl halides is 3. The molecule has 3 aliphatic rings. The molecule has 1 N–H and O–H groups in total. The molecule has 42 heavy (non-hydrogen) atoms. The van der Waals surface area contributed by atoms with Crippen LogP contribution in [0.15, 0.2) is 30.9 Å². The minimum absolute atomic E-state index is 0.115. The van der Waals surface area contributed by atoms with Crippen molar-refractivity contribution in [3.63, 3.8) is 0 Å². The van der Waals surface area contributed by atoms with E-state index in [2.05, 4.69) is 21.1 Å². The molecule has 0 aliphatic carbocycles. The smallest absolute Gasteiger partial charge is 0.508 e. The number of carbonyl (C=O) groups excluding carboxylic acids is 1. The second-order valence-corrected chi connectivity index (χ2v) is 10.7. The molecule has 0 saturated carbocycles. The molecule has 10 nitrogen and oxygen atoms in total. The van der Waals surface area contributed by atoms with Gasteiger partial charge in [-0.1, -0.05) is 13.0 Å². The number of phenols is 1. The number of fused-ring (bicyclic) bond motifs is 1. The number of rotatable bonds is 9. The first-order chi connectivity index (χ1) is 20.2. The van der Waals surface area contributed by atoms with Gasteiger partial charge in [-0.3, -0.25) is 4.79 Å². The Kier molecular flexibility index (Phi) is 9.24. The summed E-state index contributed by atoms with van der Waals surface area (Å²) < 4.78 is 49.7. The van der Waals surface area contributed by atoms with Crippen molar-refractivity contribution in [1.29, 1.82) is 0 Å². The quantitative estimate of drug-likeness (QED) is 0.346. The fourth-order valence-corrected chi connectivity index (χ4v) is 5.79. The topological polar surface area (TPSA) is 94.5 Å². The summed E-state index contributed by atoms with van der Waals surface area (Å²) in [7, 11) is 0. The fraction of sp³-hybridized carbons (Fsp3) is 0.552. The molecule has 13 heteroatoms. The summed E-state index contributed by atoms with van der Waals surface area (Å²) in [6.07, 6.45) is 1.44. The summed E-state index contributed by atoms with van der Waals surface area (Å²) in [6.45, 7) is 9.87. The highest BCUT2D eigenvalue weighted by Crippen LogP contribution is 2.39. The van der Waals surface area contributed by atoms with Crippen LogP contribution in [-0.4, -0.2) is 96.1 Å². The van der Waals surface area contributed by atoms with Gasteiger partial charge in [0, 0.05) is 50.9 Å². The third-order valence-electron chi connectivity index (χ3n) is 7.90. The van der Waals surface area contributed by atoms with Gasteiger partial charge in [0.25, 0.3) is 0 Å². The highest BCUT2D eigenvalue weighted by molar-refractivity contribution is 5.87. The van der Waals surface area contributed by atoms with Gasteiger partial charge in [0.15, 0.2) is 5.75 Å². The minimum Gasteiger partial charge on any atom is -0.508 e. The molecule has 2 fully saturated rings. The number of likely N-dealkylation sites (tertiary alicyclic amines) is 1. The van der Waals surface area contributed by atoms with Crippen LogP contribution >= 0.6 is 0 Å². The molecule has 3 aliphatic heterocycles. The van der Waals surface area contributed by atoms with Gasteiger partial charge >= 0.3 is 12.4 Å². The van der Waals surface area contributed by atoms with E-state index in [1.807, 2.05) is 0 Å². The van der Waals surface area contributed by atoms with Gasteiger partial charge in [-0.2, -0.15) is 9.97 Å². The first-order valence-electron chi connectivity index (χ1n) is 14.4. The van der Waals surface area contributed by atoms with Gasteiger partial charge in [-0.15, -0.1) is 13.2 Å². The number of piperazine rings is 1. The number of halogens is 3. The number of benzene rings is 1. The zero-order chi connectivity index (χ0) is 29.7. The number of hydrogen-bond acceptors (Lipinski definition) is 9. The van der Waals surface area contributed by atoms with E-state index in [1.54, 1.807) is 9.80 Å². The first kappa shape index (κ1) is 29.7. The lowest BCUT2D eigenvalue weighted by atomic mass is 10.0. The highest BCUT2D eigenvalue weighted by atomic mass is 19.4. The summed E-state index contributed by atoms with van der Waals surface area (Å²) in [5.74, 6) is 0.0448. The zero-order valence-corrected chi connectivity index (χ0v) is 23.6. The van der Waals surface area contributed by atoms with Crippen LogP contribution in [0, 0.1) is 0 Å². The van der Waals surface area contributed by atoms with Crippen LogP contribution < -0.4 is 19.3 Å². The molecule has 0 unspecified atom stereocenters. The molecule has 0 spiro atoms. The number of aromatic nitrogens is 2. The Bertz CT molecular complexity index is 1260. The maximum absolute atomic E-state index is 13.1. The lowest BCUT2D eigenvalue weighted by molar-refractivity contribution is -0.274. The average molecular weight is 591 g/mol. The Labute approximate surface area is 243 Å². The van der Waals surface area contributed by atoms with Crippen molar-refractivity contribution in [2.45, 2.75) is 45.0 Å². The van der Waals surface area contributed by atoms with E-state index in [9.17, 15) is 23.1 Å². The summed E-state index contributed by atoms with van der Waals surface area (Å²) in [5.41, 5.74) is 1.66. The molecule has 5 rings (SSSR count). The Morgan fingerprint density at radius 2 is 1.79 bits per heavy atom. The van der Waals surface area contributed by atoms with Crippen LogP contribution in [0.4, 0.5) is 24.7 Å². The van der Waals surface area contributed by atoms with Crippen LogP contribution in [0.1, 0.15) is 36.9 Å². The molecule has 1 aromatic carbocycles. The number of hydrogen-bond donors (Lipinski definition) is 1.